The fourth-order valence-electron chi connectivity index (χ4n) is 2.69. The Balaban J connectivity index is 2.07. The molecular formula is C17H20O9. The van der Waals surface area contributed by atoms with E-state index >= 15 is 0 Å². The number of carbonyl (C=O) groups excluding carboxylic acids is 1. The summed E-state index contributed by atoms with van der Waals surface area (Å²) in [4.78, 5) is 23.1. The number of phenols is 1. The molecule has 5 N–H and O–H groups in total. The number of esters is 1. The maximum atomic E-state index is 11.9. The third-order valence-electron chi connectivity index (χ3n) is 4.14. The number of methoxy groups -OCH3 is 1. The number of aliphatic carboxylic acids is 1. The highest BCUT2D eigenvalue weighted by Crippen LogP contribution is 2.31. The average molecular weight is 368 g/mol. The van der Waals surface area contributed by atoms with E-state index in [-0.39, 0.29) is 11.5 Å². The van der Waals surface area contributed by atoms with Gasteiger partial charge in [0.25, 0.3) is 0 Å². The van der Waals surface area contributed by atoms with Gasteiger partial charge in [0, 0.05) is 18.9 Å². The molecule has 1 aromatic carbocycles. The van der Waals surface area contributed by atoms with Gasteiger partial charge < -0.3 is 35.0 Å². The first-order chi connectivity index (χ1) is 12.2. The van der Waals surface area contributed by atoms with Gasteiger partial charge >= 0.3 is 11.9 Å². The predicted molar refractivity (Wildman–Crippen MR) is 87.4 cm³/mol. The van der Waals surface area contributed by atoms with Crippen molar-refractivity contribution in [2.75, 3.05) is 7.11 Å². The molecule has 0 spiro atoms. The molecule has 0 radical (unpaired) electrons. The summed E-state index contributed by atoms with van der Waals surface area (Å²) >= 11 is 0. The molecule has 4 atom stereocenters. The third-order valence-corrected chi connectivity index (χ3v) is 4.14. The zero-order valence-corrected chi connectivity index (χ0v) is 13.9. The molecule has 0 aliphatic heterocycles. The summed E-state index contributed by atoms with van der Waals surface area (Å²) in [5, 5.41) is 48.2. The summed E-state index contributed by atoms with van der Waals surface area (Å²) in [6.07, 6.45) is -3.17. The number of carboxylic acids is 1. The van der Waals surface area contributed by atoms with E-state index in [0.29, 0.717) is 5.56 Å². The summed E-state index contributed by atoms with van der Waals surface area (Å²) < 4.78 is 9.92. The number of hydrogen-bond donors (Lipinski definition) is 5. The Bertz CT molecular complexity index is 714. The molecule has 1 aliphatic carbocycles. The first-order valence-electron chi connectivity index (χ1n) is 7.74. The molecule has 26 heavy (non-hydrogen) atoms. The molecule has 142 valence electrons. The molecule has 9 nitrogen and oxygen atoms in total. The van der Waals surface area contributed by atoms with Gasteiger partial charge in [0.2, 0.25) is 0 Å². The van der Waals surface area contributed by atoms with Crippen LogP contribution in [0.25, 0.3) is 6.08 Å². The van der Waals surface area contributed by atoms with E-state index in [1.54, 1.807) is 0 Å². The van der Waals surface area contributed by atoms with Crippen LogP contribution in [-0.4, -0.2) is 68.5 Å². The standard InChI is InChI=1S/C17H20O9/c1-25-12-6-9(2-4-10(12)18)3-5-14(20)26-13-8-17(24,16(22)23)7-11(19)15(13)21/h2-6,11,13,15,18-19,21,24H,7-8H2,1H3,(H,22,23)/b5-3+/t11-,13-,15-,17-/m0/s1. The topological polar surface area (TPSA) is 154 Å². The smallest absolute Gasteiger partial charge is 0.335 e. The van der Waals surface area contributed by atoms with Crippen LogP contribution in [0, 0.1) is 0 Å². The number of aromatic hydroxyl groups is 1. The van der Waals surface area contributed by atoms with Crippen LogP contribution in [0.1, 0.15) is 18.4 Å². The first kappa shape index (κ1) is 19.7. The van der Waals surface area contributed by atoms with Crippen LogP contribution in [0.3, 0.4) is 0 Å². The lowest BCUT2D eigenvalue weighted by Crippen LogP contribution is -2.57. The van der Waals surface area contributed by atoms with Crippen molar-refractivity contribution in [2.24, 2.45) is 0 Å². The van der Waals surface area contributed by atoms with Crippen molar-refractivity contribution in [2.45, 2.75) is 36.8 Å². The van der Waals surface area contributed by atoms with Crippen molar-refractivity contribution in [1.82, 2.24) is 0 Å². The molecule has 1 aromatic rings. The van der Waals surface area contributed by atoms with Crippen LogP contribution in [0.5, 0.6) is 11.5 Å². The van der Waals surface area contributed by atoms with Crippen molar-refractivity contribution in [3.8, 4) is 11.5 Å². The Kier molecular flexibility index (Phi) is 5.86. The number of carboxylic acid groups (broad SMARTS) is 1. The summed E-state index contributed by atoms with van der Waals surface area (Å²) in [6, 6.07) is 4.36. The molecule has 1 saturated carbocycles. The molecular weight excluding hydrogens is 348 g/mol. The Morgan fingerprint density at radius 2 is 1.96 bits per heavy atom. The van der Waals surface area contributed by atoms with Crippen LogP contribution in [0.2, 0.25) is 0 Å². The molecule has 0 heterocycles. The summed E-state index contributed by atoms with van der Waals surface area (Å²) in [6.45, 7) is 0. The fraction of sp³-hybridized carbons (Fsp3) is 0.412. The molecule has 0 bridgehead atoms. The maximum absolute atomic E-state index is 11.9. The van der Waals surface area contributed by atoms with E-state index in [1.165, 1.54) is 31.4 Å². The number of aliphatic hydroxyl groups is 3. The minimum Gasteiger partial charge on any atom is -0.504 e. The quantitative estimate of drug-likeness (QED) is 0.347. The largest absolute Gasteiger partial charge is 0.504 e. The second-order valence-corrected chi connectivity index (χ2v) is 6.04. The van der Waals surface area contributed by atoms with Gasteiger partial charge in [-0.1, -0.05) is 6.07 Å². The SMILES string of the molecule is COc1cc(/C=C/C(=O)O[C@H]2C[C@](O)(C(=O)O)C[C@H](O)[C@@H]2O)ccc1O. The van der Waals surface area contributed by atoms with Crippen LogP contribution in [0.4, 0.5) is 0 Å². The monoisotopic (exact) mass is 368 g/mol. The molecule has 0 aromatic heterocycles. The highest BCUT2D eigenvalue weighted by molar-refractivity contribution is 5.87. The molecule has 1 aliphatic rings. The maximum Gasteiger partial charge on any atom is 0.335 e. The van der Waals surface area contributed by atoms with Crippen LogP contribution < -0.4 is 4.74 Å². The number of phenolic OH excluding ortho intramolecular Hbond substituents is 1. The highest BCUT2D eigenvalue weighted by atomic mass is 16.6. The Hall–Kier alpha value is -2.62. The van der Waals surface area contributed by atoms with Crippen LogP contribution in [-0.2, 0) is 14.3 Å². The van der Waals surface area contributed by atoms with Crippen molar-refractivity contribution < 1.29 is 44.6 Å². The lowest BCUT2D eigenvalue weighted by molar-refractivity contribution is -0.196. The second-order valence-electron chi connectivity index (χ2n) is 6.04. The van der Waals surface area contributed by atoms with E-state index in [2.05, 4.69) is 0 Å². The first-order valence-corrected chi connectivity index (χ1v) is 7.74. The average Bonchev–Trinajstić information content (AvgIpc) is 2.58. The van der Waals surface area contributed by atoms with E-state index in [1.807, 2.05) is 0 Å². The zero-order chi connectivity index (χ0) is 19.5. The van der Waals surface area contributed by atoms with Gasteiger partial charge in [-0.15, -0.1) is 0 Å². The number of carbonyl (C=O) groups is 2. The highest BCUT2D eigenvalue weighted by Gasteiger charge is 2.50. The molecule has 1 fully saturated rings. The van der Waals surface area contributed by atoms with E-state index < -0.39 is 48.7 Å². The normalized spacial score (nSPS) is 28.7. The van der Waals surface area contributed by atoms with Crippen molar-refractivity contribution in [1.29, 1.82) is 0 Å². The number of hydrogen-bond acceptors (Lipinski definition) is 8. The number of rotatable bonds is 5. The molecule has 0 amide bonds. The van der Waals surface area contributed by atoms with E-state index in [4.69, 9.17) is 14.6 Å². The zero-order valence-electron chi connectivity index (χ0n) is 13.9. The number of aliphatic hydroxyl groups excluding tert-OH is 2. The van der Waals surface area contributed by atoms with Gasteiger partial charge in [0.1, 0.15) is 12.2 Å². The Labute approximate surface area is 148 Å². The summed E-state index contributed by atoms with van der Waals surface area (Å²) in [5.74, 6) is -2.34. The van der Waals surface area contributed by atoms with Gasteiger partial charge in [0.05, 0.1) is 13.2 Å². The van der Waals surface area contributed by atoms with Gasteiger partial charge in [0.15, 0.2) is 17.1 Å². The van der Waals surface area contributed by atoms with Crippen molar-refractivity contribution in [3.05, 3.63) is 29.8 Å². The third kappa shape index (κ3) is 4.31. The van der Waals surface area contributed by atoms with Gasteiger partial charge in [-0.25, -0.2) is 9.59 Å². The van der Waals surface area contributed by atoms with Crippen LogP contribution >= 0.6 is 0 Å². The summed E-state index contributed by atoms with van der Waals surface area (Å²) in [7, 11) is 1.37. The van der Waals surface area contributed by atoms with Gasteiger partial charge in [-0.05, 0) is 23.8 Å². The molecule has 0 unspecified atom stereocenters. The summed E-state index contributed by atoms with van der Waals surface area (Å²) in [5.41, 5.74) is -1.78. The second kappa shape index (κ2) is 7.73. The van der Waals surface area contributed by atoms with E-state index in [0.717, 1.165) is 6.08 Å². The van der Waals surface area contributed by atoms with Gasteiger partial charge in [-0.2, -0.15) is 0 Å². The predicted octanol–water partition coefficient (Wildman–Crippen LogP) is -0.343. The van der Waals surface area contributed by atoms with Crippen molar-refractivity contribution >= 4 is 18.0 Å². The Morgan fingerprint density at radius 3 is 2.58 bits per heavy atom. The lowest BCUT2D eigenvalue weighted by Gasteiger charge is -2.39. The van der Waals surface area contributed by atoms with Crippen LogP contribution in [0.15, 0.2) is 24.3 Å². The Morgan fingerprint density at radius 1 is 1.27 bits per heavy atom. The van der Waals surface area contributed by atoms with Crippen molar-refractivity contribution in [3.63, 3.8) is 0 Å². The minimum atomic E-state index is -2.29. The molecule has 9 heteroatoms. The molecule has 0 saturated heterocycles. The number of ether oxygens (including phenoxy) is 2. The van der Waals surface area contributed by atoms with Gasteiger partial charge in [-0.3, -0.25) is 0 Å². The van der Waals surface area contributed by atoms with E-state index in [9.17, 15) is 30.0 Å². The fourth-order valence-corrected chi connectivity index (χ4v) is 2.69. The molecule has 2 rings (SSSR count). The number of benzene rings is 1. The lowest BCUT2D eigenvalue weighted by atomic mass is 9.79. The minimum absolute atomic E-state index is 0.0699.